The van der Waals surface area contributed by atoms with Crippen LogP contribution in [0.5, 0.6) is 0 Å². The standard InChI is InChI=1S/C12H22N2OS/c1-10(13)12(11-5-8-16-9-11)14(2)6-4-7-15-3/h5,8-10,12H,4,6-7,13H2,1-3H3. The average molecular weight is 242 g/mol. The van der Waals surface area contributed by atoms with Gasteiger partial charge >= 0.3 is 0 Å². The zero-order valence-electron chi connectivity index (χ0n) is 10.3. The molecule has 1 heterocycles. The van der Waals surface area contributed by atoms with Crippen molar-refractivity contribution < 1.29 is 4.74 Å². The molecule has 2 N–H and O–H groups in total. The second-order valence-electron chi connectivity index (χ2n) is 4.19. The lowest BCUT2D eigenvalue weighted by atomic mass is 10.0. The zero-order chi connectivity index (χ0) is 12.0. The van der Waals surface area contributed by atoms with Crippen LogP contribution >= 0.6 is 11.3 Å². The molecule has 0 radical (unpaired) electrons. The van der Waals surface area contributed by atoms with Crippen molar-refractivity contribution in [3.8, 4) is 0 Å². The van der Waals surface area contributed by atoms with Crippen molar-refractivity contribution in [1.82, 2.24) is 4.90 Å². The number of hydrogen-bond acceptors (Lipinski definition) is 4. The number of hydrogen-bond donors (Lipinski definition) is 1. The normalized spacial score (nSPS) is 15.3. The molecule has 0 saturated carbocycles. The maximum atomic E-state index is 6.06. The van der Waals surface area contributed by atoms with E-state index in [1.807, 2.05) is 0 Å². The Labute approximate surface area is 102 Å². The number of methoxy groups -OCH3 is 1. The van der Waals surface area contributed by atoms with Gasteiger partial charge in [-0.05, 0) is 42.8 Å². The predicted octanol–water partition coefficient (Wildman–Crippen LogP) is 2.10. The minimum Gasteiger partial charge on any atom is -0.385 e. The first-order valence-corrected chi connectivity index (χ1v) is 6.58. The van der Waals surface area contributed by atoms with E-state index in [0.717, 1.165) is 19.6 Å². The Morgan fingerprint density at radius 3 is 2.81 bits per heavy atom. The van der Waals surface area contributed by atoms with E-state index in [4.69, 9.17) is 10.5 Å². The van der Waals surface area contributed by atoms with Crippen molar-refractivity contribution in [3.63, 3.8) is 0 Å². The summed E-state index contributed by atoms with van der Waals surface area (Å²) >= 11 is 1.72. The Balaban J connectivity index is 2.56. The van der Waals surface area contributed by atoms with Gasteiger partial charge in [0, 0.05) is 26.3 Å². The molecular formula is C12H22N2OS. The molecule has 0 amide bonds. The van der Waals surface area contributed by atoms with E-state index in [1.54, 1.807) is 18.4 Å². The van der Waals surface area contributed by atoms with Gasteiger partial charge in [-0.25, -0.2) is 0 Å². The molecule has 1 aromatic rings. The minimum absolute atomic E-state index is 0.141. The van der Waals surface area contributed by atoms with Gasteiger partial charge in [-0.15, -0.1) is 0 Å². The summed E-state index contributed by atoms with van der Waals surface area (Å²) in [6.07, 6.45) is 1.04. The van der Waals surface area contributed by atoms with Crippen molar-refractivity contribution in [2.45, 2.75) is 25.4 Å². The molecule has 0 saturated heterocycles. The van der Waals surface area contributed by atoms with Gasteiger partial charge in [-0.3, -0.25) is 4.90 Å². The lowest BCUT2D eigenvalue weighted by Crippen LogP contribution is -2.37. The number of nitrogens with zero attached hydrogens (tertiary/aromatic N) is 1. The molecule has 92 valence electrons. The van der Waals surface area contributed by atoms with Crippen molar-refractivity contribution in [3.05, 3.63) is 22.4 Å². The smallest absolute Gasteiger partial charge is 0.0501 e. The van der Waals surface area contributed by atoms with Crippen LogP contribution in [0, 0.1) is 0 Å². The number of likely N-dealkylation sites (N-methyl/N-ethyl adjacent to an activating group) is 1. The molecule has 0 spiro atoms. The first kappa shape index (κ1) is 13.6. The molecule has 2 atom stereocenters. The summed E-state index contributed by atoms with van der Waals surface area (Å²) in [5.41, 5.74) is 7.38. The van der Waals surface area contributed by atoms with Gasteiger partial charge < -0.3 is 10.5 Å². The molecule has 0 fully saturated rings. The van der Waals surface area contributed by atoms with Crippen LogP contribution < -0.4 is 5.73 Å². The van der Waals surface area contributed by atoms with Gasteiger partial charge in [0.25, 0.3) is 0 Å². The largest absolute Gasteiger partial charge is 0.385 e. The Morgan fingerprint density at radius 2 is 2.31 bits per heavy atom. The number of rotatable bonds is 7. The predicted molar refractivity (Wildman–Crippen MR) is 69.8 cm³/mol. The minimum atomic E-state index is 0.141. The highest BCUT2D eigenvalue weighted by Crippen LogP contribution is 2.24. The highest BCUT2D eigenvalue weighted by Gasteiger charge is 2.20. The fourth-order valence-corrected chi connectivity index (χ4v) is 2.69. The van der Waals surface area contributed by atoms with Crippen LogP contribution in [0.1, 0.15) is 24.9 Å². The summed E-state index contributed by atoms with van der Waals surface area (Å²) in [7, 11) is 3.86. The third-order valence-corrected chi connectivity index (χ3v) is 3.42. The Bertz CT molecular complexity index is 275. The molecular weight excluding hydrogens is 220 g/mol. The topological polar surface area (TPSA) is 38.5 Å². The van der Waals surface area contributed by atoms with Crippen LogP contribution in [-0.2, 0) is 4.74 Å². The van der Waals surface area contributed by atoms with E-state index >= 15 is 0 Å². The van der Waals surface area contributed by atoms with Gasteiger partial charge in [0.2, 0.25) is 0 Å². The van der Waals surface area contributed by atoms with Gasteiger partial charge in [-0.1, -0.05) is 0 Å². The van der Waals surface area contributed by atoms with Crippen LogP contribution in [0.4, 0.5) is 0 Å². The van der Waals surface area contributed by atoms with Crippen molar-refractivity contribution in [2.24, 2.45) is 5.73 Å². The van der Waals surface area contributed by atoms with Crippen LogP contribution in [-0.4, -0.2) is 38.3 Å². The first-order valence-electron chi connectivity index (χ1n) is 5.63. The summed E-state index contributed by atoms with van der Waals surface area (Å²) in [6, 6.07) is 2.61. The third-order valence-electron chi connectivity index (χ3n) is 2.72. The van der Waals surface area contributed by atoms with E-state index in [9.17, 15) is 0 Å². The molecule has 16 heavy (non-hydrogen) atoms. The van der Waals surface area contributed by atoms with Crippen molar-refractivity contribution in [1.29, 1.82) is 0 Å². The summed E-state index contributed by atoms with van der Waals surface area (Å²) in [5, 5.41) is 4.29. The molecule has 0 aliphatic carbocycles. The Morgan fingerprint density at radius 1 is 1.56 bits per heavy atom. The number of ether oxygens (including phenoxy) is 1. The molecule has 0 bridgehead atoms. The van der Waals surface area contributed by atoms with Gasteiger partial charge in [0.1, 0.15) is 0 Å². The summed E-state index contributed by atoms with van der Waals surface area (Å²) in [4.78, 5) is 2.31. The number of nitrogens with two attached hydrogens (primary N) is 1. The fourth-order valence-electron chi connectivity index (χ4n) is 2.00. The SMILES string of the molecule is COCCCN(C)C(c1ccsc1)C(C)N. The van der Waals surface area contributed by atoms with E-state index in [2.05, 4.69) is 35.7 Å². The molecule has 1 rings (SSSR count). The van der Waals surface area contributed by atoms with E-state index < -0.39 is 0 Å². The summed E-state index contributed by atoms with van der Waals surface area (Å²) in [6.45, 7) is 3.88. The fraction of sp³-hybridized carbons (Fsp3) is 0.667. The Kier molecular flexibility index (Phi) is 5.98. The van der Waals surface area contributed by atoms with E-state index in [-0.39, 0.29) is 6.04 Å². The van der Waals surface area contributed by atoms with E-state index in [0.29, 0.717) is 6.04 Å². The highest BCUT2D eigenvalue weighted by molar-refractivity contribution is 7.07. The molecule has 0 aromatic carbocycles. The van der Waals surface area contributed by atoms with Crippen molar-refractivity contribution in [2.75, 3.05) is 27.3 Å². The van der Waals surface area contributed by atoms with Crippen LogP contribution in [0.15, 0.2) is 16.8 Å². The maximum Gasteiger partial charge on any atom is 0.0501 e. The van der Waals surface area contributed by atoms with Crippen LogP contribution in [0.2, 0.25) is 0 Å². The van der Waals surface area contributed by atoms with Gasteiger partial charge in [0.05, 0.1) is 6.04 Å². The molecule has 2 unspecified atom stereocenters. The molecule has 0 aliphatic heterocycles. The monoisotopic (exact) mass is 242 g/mol. The lowest BCUT2D eigenvalue weighted by Gasteiger charge is -2.30. The lowest BCUT2D eigenvalue weighted by molar-refractivity contribution is 0.158. The van der Waals surface area contributed by atoms with E-state index in [1.165, 1.54) is 5.56 Å². The van der Waals surface area contributed by atoms with Gasteiger partial charge in [-0.2, -0.15) is 11.3 Å². The molecule has 4 heteroatoms. The second kappa shape index (κ2) is 7.01. The molecule has 0 aliphatic rings. The molecule has 1 aromatic heterocycles. The second-order valence-corrected chi connectivity index (χ2v) is 4.97. The Hall–Kier alpha value is -0.420. The zero-order valence-corrected chi connectivity index (χ0v) is 11.2. The highest BCUT2D eigenvalue weighted by atomic mass is 32.1. The van der Waals surface area contributed by atoms with Gasteiger partial charge in [0.15, 0.2) is 0 Å². The first-order chi connectivity index (χ1) is 7.66. The third kappa shape index (κ3) is 3.87. The van der Waals surface area contributed by atoms with Crippen molar-refractivity contribution >= 4 is 11.3 Å². The average Bonchev–Trinajstić information content (AvgIpc) is 2.71. The maximum absolute atomic E-state index is 6.06. The summed E-state index contributed by atoms with van der Waals surface area (Å²) < 4.78 is 5.07. The quantitative estimate of drug-likeness (QED) is 0.744. The van der Waals surface area contributed by atoms with Crippen LogP contribution in [0.3, 0.4) is 0 Å². The summed E-state index contributed by atoms with van der Waals surface area (Å²) in [5.74, 6) is 0. The molecule has 3 nitrogen and oxygen atoms in total. The van der Waals surface area contributed by atoms with Crippen LogP contribution in [0.25, 0.3) is 0 Å². The number of thiophene rings is 1.